The van der Waals surface area contributed by atoms with Gasteiger partial charge in [-0.2, -0.15) is 0 Å². The van der Waals surface area contributed by atoms with Crippen LogP contribution in [0.4, 0.5) is 0 Å². The maximum atomic E-state index is 12.8. The third kappa shape index (κ3) is 5.85. The van der Waals surface area contributed by atoms with E-state index in [0.717, 1.165) is 18.2 Å². The number of hydrogen-bond donors (Lipinski definition) is 10. The van der Waals surface area contributed by atoms with Crippen LogP contribution in [-0.4, -0.2) is 126 Å². The Labute approximate surface area is 241 Å². The minimum absolute atomic E-state index is 0.0408. The minimum Gasteiger partial charge on any atom is -0.507 e. The van der Waals surface area contributed by atoms with Gasteiger partial charge in [0.1, 0.15) is 71.0 Å². The van der Waals surface area contributed by atoms with Crippen molar-refractivity contribution in [2.45, 2.75) is 61.4 Å². The second-order valence-electron chi connectivity index (χ2n) is 10.1. The van der Waals surface area contributed by atoms with Crippen molar-refractivity contribution in [3.63, 3.8) is 0 Å². The highest BCUT2D eigenvalue weighted by molar-refractivity contribution is 5.86. The lowest BCUT2D eigenvalue weighted by molar-refractivity contribution is -0.357. The van der Waals surface area contributed by atoms with Crippen LogP contribution in [-0.2, 0) is 14.2 Å². The van der Waals surface area contributed by atoms with Gasteiger partial charge in [0.25, 0.3) is 0 Å². The van der Waals surface area contributed by atoms with Crippen LogP contribution in [0.15, 0.2) is 45.6 Å². The molecule has 2 fully saturated rings. The smallest absolute Gasteiger partial charge is 0.229 e. The number of aliphatic hydroxyl groups is 7. The zero-order valence-electron chi connectivity index (χ0n) is 22.1. The predicted octanol–water partition coefficient (Wildman–Crippen LogP) is -2.42. The highest BCUT2D eigenvalue weighted by Crippen LogP contribution is 2.36. The molecule has 2 saturated heterocycles. The Hall–Kier alpha value is -3.55. The van der Waals surface area contributed by atoms with Crippen molar-refractivity contribution in [3.05, 3.63) is 46.6 Å². The van der Waals surface area contributed by atoms with Crippen LogP contribution < -0.4 is 10.2 Å². The van der Waals surface area contributed by atoms with Gasteiger partial charge in [0.15, 0.2) is 29.3 Å². The summed E-state index contributed by atoms with van der Waals surface area (Å²) < 4.78 is 28.1. The topological polar surface area (TPSA) is 269 Å². The zero-order chi connectivity index (χ0) is 31.2. The van der Waals surface area contributed by atoms with E-state index < -0.39 is 97.3 Å². The van der Waals surface area contributed by atoms with Crippen LogP contribution in [0.5, 0.6) is 23.0 Å². The van der Waals surface area contributed by atoms with Crippen molar-refractivity contribution in [2.75, 3.05) is 13.2 Å². The lowest BCUT2D eigenvalue weighted by atomic mass is 9.97. The molecule has 2 aliphatic heterocycles. The molecule has 0 aliphatic carbocycles. The van der Waals surface area contributed by atoms with Gasteiger partial charge in [0.05, 0.1) is 13.2 Å². The fourth-order valence-electron chi connectivity index (χ4n) is 4.90. The Morgan fingerprint density at radius 2 is 1.35 bits per heavy atom. The summed E-state index contributed by atoms with van der Waals surface area (Å²) in [7, 11) is 0. The van der Waals surface area contributed by atoms with Crippen molar-refractivity contribution in [3.8, 4) is 34.3 Å². The average Bonchev–Trinajstić information content (AvgIpc) is 2.97. The molecule has 2 aromatic carbocycles. The lowest BCUT2D eigenvalue weighted by Crippen LogP contribution is -2.65. The van der Waals surface area contributed by atoms with Gasteiger partial charge in [0.2, 0.25) is 6.29 Å². The summed E-state index contributed by atoms with van der Waals surface area (Å²) in [6.07, 6.45) is -16.9. The Balaban J connectivity index is 1.48. The number of benzene rings is 2. The summed E-state index contributed by atoms with van der Waals surface area (Å²) in [5.74, 6) is -1.71. The Morgan fingerprint density at radius 3 is 2.00 bits per heavy atom. The van der Waals surface area contributed by atoms with Crippen LogP contribution in [0.1, 0.15) is 0 Å². The van der Waals surface area contributed by atoms with Gasteiger partial charge in [-0.25, -0.2) is 0 Å². The summed E-state index contributed by atoms with van der Waals surface area (Å²) in [6, 6.07) is 6.97. The molecule has 1 aromatic heterocycles. The minimum atomic E-state index is -1.88. The van der Waals surface area contributed by atoms with Gasteiger partial charge < -0.3 is 74.4 Å². The lowest BCUT2D eigenvalue weighted by Gasteiger charge is -2.45. The third-order valence-corrected chi connectivity index (χ3v) is 7.26. The third-order valence-electron chi connectivity index (χ3n) is 7.26. The normalized spacial score (nSPS) is 33.0. The Kier molecular flexibility index (Phi) is 8.77. The van der Waals surface area contributed by atoms with Gasteiger partial charge in [-0.1, -0.05) is 0 Å². The van der Waals surface area contributed by atoms with Crippen molar-refractivity contribution >= 4 is 11.0 Å². The highest BCUT2D eigenvalue weighted by Gasteiger charge is 2.51. The summed E-state index contributed by atoms with van der Waals surface area (Å²) in [5.41, 5.74) is -0.636. The maximum absolute atomic E-state index is 12.8. The van der Waals surface area contributed by atoms with E-state index >= 15 is 0 Å². The maximum Gasteiger partial charge on any atom is 0.229 e. The molecule has 10 atom stereocenters. The van der Waals surface area contributed by atoms with E-state index in [2.05, 4.69) is 0 Å². The first kappa shape index (κ1) is 30.9. The van der Waals surface area contributed by atoms with Gasteiger partial charge in [-0.15, -0.1) is 0 Å². The second-order valence-corrected chi connectivity index (χ2v) is 10.1. The average molecular weight is 611 g/mol. The molecule has 10 N–H and O–H groups in total. The fraction of sp³-hybridized carbons (Fsp3) is 0.444. The van der Waals surface area contributed by atoms with Gasteiger partial charge in [0, 0.05) is 23.8 Å². The first-order valence-electron chi connectivity index (χ1n) is 13.0. The molecule has 4 unspecified atom stereocenters. The fourth-order valence-corrected chi connectivity index (χ4v) is 4.90. The molecule has 234 valence electrons. The Morgan fingerprint density at radius 1 is 0.698 bits per heavy atom. The van der Waals surface area contributed by atoms with Crippen LogP contribution in [0.3, 0.4) is 0 Å². The molecule has 43 heavy (non-hydrogen) atoms. The van der Waals surface area contributed by atoms with E-state index in [1.807, 2.05) is 0 Å². The van der Waals surface area contributed by atoms with Crippen LogP contribution in [0.25, 0.3) is 22.3 Å². The van der Waals surface area contributed by atoms with E-state index in [1.54, 1.807) is 0 Å². The molecular formula is C27H30O16. The summed E-state index contributed by atoms with van der Waals surface area (Å²) >= 11 is 0. The standard InChI is InChI=1S/C27H30O16/c28-7-17-20(34)22(36)24(38)26(41-17)43-25-23(37)21(35)18(8-29)42-27(25)39-10-4-13(32)19-14(33)6-15(40-16(19)5-10)9-1-2-11(30)12(31)3-9/h1-6,17-18,20-32,34-38H,7-8H2/t17?,18?,20-,21-,22+,23+,24?,25?,26+,27-/m1/s1. The van der Waals surface area contributed by atoms with E-state index in [1.165, 1.54) is 18.2 Å². The summed E-state index contributed by atoms with van der Waals surface area (Å²) in [5, 5.41) is 101. The Bertz CT molecular complexity index is 1510. The summed E-state index contributed by atoms with van der Waals surface area (Å²) in [6.45, 7) is -1.54. The quantitative estimate of drug-likeness (QED) is 0.125. The van der Waals surface area contributed by atoms with Crippen LogP contribution >= 0.6 is 0 Å². The number of phenolic OH excluding ortho intramolecular Hbond substituents is 3. The van der Waals surface area contributed by atoms with Gasteiger partial charge in [-0.05, 0) is 18.2 Å². The molecule has 0 amide bonds. The molecule has 0 saturated carbocycles. The largest absolute Gasteiger partial charge is 0.507 e. The first-order chi connectivity index (χ1) is 20.4. The number of rotatable bonds is 7. The van der Waals surface area contributed by atoms with Crippen molar-refractivity contribution in [1.29, 1.82) is 0 Å². The van der Waals surface area contributed by atoms with Crippen molar-refractivity contribution in [1.82, 2.24) is 0 Å². The predicted molar refractivity (Wildman–Crippen MR) is 140 cm³/mol. The van der Waals surface area contributed by atoms with Crippen LogP contribution in [0, 0.1) is 0 Å². The monoisotopic (exact) mass is 610 g/mol. The molecular weight excluding hydrogens is 580 g/mol. The van der Waals surface area contributed by atoms with Crippen molar-refractivity contribution in [2.24, 2.45) is 0 Å². The molecule has 5 rings (SSSR count). The molecule has 0 radical (unpaired) electrons. The first-order valence-corrected chi connectivity index (χ1v) is 13.0. The van der Waals surface area contributed by atoms with Crippen molar-refractivity contribution < 1.29 is 74.4 Å². The number of aliphatic hydroxyl groups excluding tert-OH is 7. The number of aromatic hydroxyl groups is 3. The molecule has 2 aliphatic rings. The molecule has 3 aromatic rings. The second kappa shape index (κ2) is 12.2. The molecule has 16 nitrogen and oxygen atoms in total. The SMILES string of the molecule is O=c1cc(-c2ccc(O)c(O)c2)oc2cc(O[C@@H]3OC(CO)[C@@H](O)[C@H](O)C3O[C@@H]3OC(CO)[C@@H](O)[C@H](O)C3O)cc(O)c12. The van der Waals surface area contributed by atoms with E-state index in [9.17, 15) is 55.9 Å². The number of hydrogen-bond acceptors (Lipinski definition) is 16. The molecule has 0 bridgehead atoms. The molecule has 0 spiro atoms. The van der Waals surface area contributed by atoms with Gasteiger partial charge >= 0.3 is 0 Å². The molecule has 3 heterocycles. The van der Waals surface area contributed by atoms with Gasteiger partial charge in [-0.3, -0.25) is 4.79 Å². The number of ether oxygens (including phenoxy) is 4. The van der Waals surface area contributed by atoms with E-state index in [4.69, 9.17) is 23.4 Å². The highest BCUT2D eigenvalue weighted by atomic mass is 16.8. The summed E-state index contributed by atoms with van der Waals surface area (Å²) in [4.78, 5) is 12.8. The number of fused-ring (bicyclic) bond motifs is 1. The van der Waals surface area contributed by atoms with E-state index in [0.29, 0.717) is 0 Å². The van der Waals surface area contributed by atoms with Crippen LogP contribution in [0.2, 0.25) is 0 Å². The number of phenols is 3. The molecule has 16 heteroatoms. The zero-order valence-corrected chi connectivity index (χ0v) is 22.1. The van der Waals surface area contributed by atoms with E-state index in [-0.39, 0.29) is 28.0 Å².